The highest BCUT2D eigenvalue weighted by molar-refractivity contribution is 7.14. The van der Waals surface area contributed by atoms with E-state index in [1.807, 2.05) is 16.8 Å². The molecule has 5 heteroatoms. The number of amides is 1. The molecule has 1 fully saturated rings. The molecule has 118 valence electrons. The van der Waals surface area contributed by atoms with Crippen LogP contribution in [-0.4, -0.2) is 15.7 Å². The van der Waals surface area contributed by atoms with Crippen molar-refractivity contribution in [3.63, 3.8) is 0 Å². The van der Waals surface area contributed by atoms with Crippen molar-refractivity contribution >= 4 is 23.1 Å². The number of rotatable bonds is 6. The maximum absolute atomic E-state index is 12.5. The summed E-state index contributed by atoms with van der Waals surface area (Å²) in [7, 11) is 0. The predicted molar refractivity (Wildman–Crippen MR) is 90.7 cm³/mol. The molecule has 1 saturated carbocycles. The Labute approximate surface area is 135 Å². The monoisotopic (exact) mass is 317 g/mol. The molecule has 1 amide bonds. The molecule has 1 atom stereocenters. The topological polar surface area (TPSA) is 46.9 Å². The molecule has 0 bridgehead atoms. The molecular formula is C17H23N3OS. The SMILES string of the molecule is CCCc1cc(C(=O)Nc2ccnn2C(C)C2CC2)sc1C. The Balaban J connectivity index is 1.74. The summed E-state index contributed by atoms with van der Waals surface area (Å²) >= 11 is 1.58. The minimum atomic E-state index is -0.0276. The van der Waals surface area contributed by atoms with E-state index in [0.717, 1.165) is 23.5 Å². The average Bonchev–Trinajstić information content (AvgIpc) is 3.14. The zero-order valence-corrected chi connectivity index (χ0v) is 14.2. The summed E-state index contributed by atoms with van der Waals surface area (Å²) in [5.74, 6) is 1.48. The number of thiophene rings is 1. The number of carbonyl (C=O) groups excluding carboxylic acids is 1. The zero-order chi connectivity index (χ0) is 15.7. The smallest absolute Gasteiger partial charge is 0.266 e. The number of nitrogens with one attached hydrogen (secondary N) is 1. The van der Waals surface area contributed by atoms with Crippen LogP contribution in [-0.2, 0) is 6.42 Å². The Bertz CT molecular complexity index is 669. The van der Waals surface area contributed by atoms with Gasteiger partial charge in [0.2, 0.25) is 0 Å². The molecule has 0 aromatic carbocycles. The zero-order valence-electron chi connectivity index (χ0n) is 13.4. The minimum Gasteiger partial charge on any atom is -0.306 e. The summed E-state index contributed by atoms with van der Waals surface area (Å²) in [4.78, 5) is 14.5. The van der Waals surface area contributed by atoms with Gasteiger partial charge in [-0.15, -0.1) is 11.3 Å². The maximum atomic E-state index is 12.5. The van der Waals surface area contributed by atoms with Crippen molar-refractivity contribution in [3.8, 4) is 0 Å². The first-order chi connectivity index (χ1) is 10.6. The van der Waals surface area contributed by atoms with Crippen LogP contribution in [0.4, 0.5) is 5.82 Å². The lowest BCUT2D eigenvalue weighted by Crippen LogP contribution is -2.17. The van der Waals surface area contributed by atoms with E-state index in [0.29, 0.717) is 12.0 Å². The fraction of sp³-hybridized carbons (Fsp3) is 0.529. The van der Waals surface area contributed by atoms with E-state index < -0.39 is 0 Å². The van der Waals surface area contributed by atoms with E-state index in [4.69, 9.17) is 0 Å². The number of nitrogens with zero attached hydrogens (tertiary/aromatic N) is 2. The van der Waals surface area contributed by atoms with Gasteiger partial charge in [0.05, 0.1) is 17.1 Å². The number of aryl methyl sites for hydroxylation is 2. The van der Waals surface area contributed by atoms with Crippen molar-refractivity contribution in [2.45, 2.75) is 52.5 Å². The maximum Gasteiger partial charge on any atom is 0.266 e. The van der Waals surface area contributed by atoms with Gasteiger partial charge in [0.25, 0.3) is 5.91 Å². The molecule has 0 aliphatic heterocycles. The fourth-order valence-corrected chi connectivity index (χ4v) is 3.81. The van der Waals surface area contributed by atoms with Crippen molar-refractivity contribution in [1.29, 1.82) is 0 Å². The van der Waals surface area contributed by atoms with Gasteiger partial charge in [0, 0.05) is 10.9 Å². The van der Waals surface area contributed by atoms with E-state index in [1.165, 1.54) is 23.3 Å². The Hall–Kier alpha value is -1.62. The van der Waals surface area contributed by atoms with Crippen LogP contribution < -0.4 is 5.32 Å². The van der Waals surface area contributed by atoms with E-state index in [1.54, 1.807) is 17.5 Å². The largest absolute Gasteiger partial charge is 0.306 e. The molecule has 3 rings (SSSR count). The molecule has 4 nitrogen and oxygen atoms in total. The van der Waals surface area contributed by atoms with Crippen molar-refractivity contribution in [1.82, 2.24) is 9.78 Å². The number of hydrogen-bond acceptors (Lipinski definition) is 3. The van der Waals surface area contributed by atoms with Gasteiger partial charge in [0.15, 0.2) is 0 Å². The third-order valence-corrected chi connectivity index (χ3v) is 5.46. The molecule has 2 heterocycles. The highest BCUT2D eigenvalue weighted by atomic mass is 32.1. The lowest BCUT2D eigenvalue weighted by atomic mass is 10.1. The Kier molecular flexibility index (Phi) is 4.34. The first-order valence-electron chi connectivity index (χ1n) is 8.04. The fourth-order valence-electron chi connectivity index (χ4n) is 2.84. The molecule has 1 aliphatic carbocycles. The van der Waals surface area contributed by atoms with Gasteiger partial charge in [-0.3, -0.25) is 4.79 Å². The van der Waals surface area contributed by atoms with Gasteiger partial charge in [-0.2, -0.15) is 5.10 Å². The van der Waals surface area contributed by atoms with Gasteiger partial charge in [-0.25, -0.2) is 4.68 Å². The van der Waals surface area contributed by atoms with E-state index in [-0.39, 0.29) is 5.91 Å². The first-order valence-corrected chi connectivity index (χ1v) is 8.86. The highest BCUT2D eigenvalue weighted by Crippen LogP contribution is 2.40. The molecule has 0 saturated heterocycles. The summed E-state index contributed by atoms with van der Waals surface area (Å²) in [6.07, 6.45) is 6.42. The van der Waals surface area contributed by atoms with Crippen molar-refractivity contribution in [2.24, 2.45) is 5.92 Å². The summed E-state index contributed by atoms with van der Waals surface area (Å²) in [5, 5.41) is 7.41. The third kappa shape index (κ3) is 3.09. The normalized spacial score (nSPS) is 15.8. The molecule has 1 unspecified atom stereocenters. The second-order valence-corrected chi connectivity index (χ2v) is 7.39. The molecule has 2 aromatic heterocycles. The van der Waals surface area contributed by atoms with Crippen LogP contribution in [0.1, 0.15) is 59.3 Å². The standard InChI is InChI=1S/C17H23N3OS/c1-4-5-14-10-15(22-12(14)3)17(21)19-16-8-9-18-20(16)11(2)13-6-7-13/h8-11,13H,4-7H2,1-3H3,(H,19,21). The molecule has 0 spiro atoms. The Morgan fingerprint density at radius 1 is 1.55 bits per heavy atom. The van der Waals surface area contributed by atoms with Crippen LogP contribution in [0.15, 0.2) is 18.3 Å². The Morgan fingerprint density at radius 2 is 2.32 bits per heavy atom. The van der Waals surface area contributed by atoms with E-state index in [2.05, 4.69) is 31.2 Å². The van der Waals surface area contributed by atoms with Crippen molar-refractivity contribution in [3.05, 3.63) is 33.6 Å². The van der Waals surface area contributed by atoms with Crippen molar-refractivity contribution in [2.75, 3.05) is 5.32 Å². The number of carbonyl (C=O) groups is 1. The lowest BCUT2D eigenvalue weighted by Gasteiger charge is -2.15. The van der Waals surface area contributed by atoms with Gasteiger partial charge in [-0.05, 0) is 50.7 Å². The van der Waals surface area contributed by atoms with E-state index >= 15 is 0 Å². The average molecular weight is 317 g/mol. The number of anilines is 1. The second-order valence-electron chi connectivity index (χ2n) is 6.14. The molecule has 0 radical (unpaired) electrons. The van der Waals surface area contributed by atoms with Crippen LogP contribution in [0.3, 0.4) is 0 Å². The van der Waals surface area contributed by atoms with Crippen LogP contribution >= 0.6 is 11.3 Å². The second kappa shape index (κ2) is 6.24. The molecule has 1 aliphatic rings. The first kappa shape index (κ1) is 15.3. The van der Waals surface area contributed by atoms with E-state index in [9.17, 15) is 4.79 Å². The summed E-state index contributed by atoms with van der Waals surface area (Å²) < 4.78 is 1.95. The molecule has 22 heavy (non-hydrogen) atoms. The quantitative estimate of drug-likeness (QED) is 0.856. The van der Waals surface area contributed by atoms with Gasteiger partial charge in [0.1, 0.15) is 5.82 Å². The van der Waals surface area contributed by atoms with Crippen LogP contribution in [0.25, 0.3) is 0 Å². The van der Waals surface area contributed by atoms with Crippen LogP contribution in [0.2, 0.25) is 0 Å². The van der Waals surface area contributed by atoms with Gasteiger partial charge in [-0.1, -0.05) is 13.3 Å². The predicted octanol–water partition coefficient (Wildman–Crippen LogP) is 4.43. The number of hydrogen-bond donors (Lipinski definition) is 1. The highest BCUT2D eigenvalue weighted by Gasteiger charge is 2.30. The van der Waals surface area contributed by atoms with Crippen molar-refractivity contribution < 1.29 is 4.79 Å². The van der Waals surface area contributed by atoms with Crippen LogP contribution in [0.5, 0.6) is 0 Å². The summed E-state index contributed by atoms with van der Waals surface area (Å²) in [6, 6.07) is 4.26. The molecule has 1 N–H and O–H groups in total. The lowest BCUT2D eigenvalue weighted by molar-refractivity contribution is 0.102. The van der Waals surface area contributed by atoms with Crippen LogP contribution in [0, 0.1) is 12.8 Å². The molecule has 2 aromatic rings. The summed E-state index contributed by atoms with van der Waals surface area (Å²) in [6.45, 7) is 6.43. The van der Waals surface area contributed by atoms with Gasteiger partial charge < -0.3 is 5.32 Å². The summed E-state index contributed by atoms with van der Waals surface area (Å²) in [5.41, 5.74) is 1.29. The molecular weight excluding hydrogens is 294 g/mol. The van der Waals surface area contributed by atoms with Gasteiger partial charge >= 0.3 is 0 Å². The third-order valence-electron chi connectivity index (χ3n) is 4.37. The Morgan fingerprint density at radius 3 is 3.00 bits per heavy atom. The minimum absolute atomic E-state index is 0.0276. The number of aromatic nitrogens is 2.